The van der Waals surface area contributed by atoms with Crippen molar-refractivity contribution < 1.29 is 9.15 Å². The van der Waals surface area contributed by atoms with Gasteiger partial charge in [-0.25, -0.2) is 0 Å². The van der Waals surface area contributed by atoms with Crippen LogP contribution >= 0.6 is 0 Å². The number of nitrogens with one attached hydrogen (secondary N) is 1. The quantitative estimate of drug-likeness (QED) is 0.790. The molecule has 1 heterocycles. The van der Waals surface area contributed by atoms with Crippen LogP contribution in [0, 0.1) is 0 Å². The second-order valence-electron chi connectivity index (χ2n) is 4.97. The lowest BCUT2D eigenvalue weighted by Crippen LogP contribution is -2.42. The minimum absolute atomic E-state index is 0.0815. The van der Waals surface area contributed by atoms with Gasteiger partial charge in [0.25, 0.3) is 0 Å². The van der Waals surface area contributed by atoms with Gasteiger partial charge in [0.1, 0.15) is 5.76 Å². The van der Waals surface area contributed by atoms with E-state index < -0.39 is 0 Å². The Bertz CT molecular complexity index is 311. The number of rotatable bonds is 7. The number of hydrogen-bond acceptors (Lipinski definition) is 3. The molecule has 0 spiro atoms. The summed E-state index contributed by atoms with van der Waals surface area (Å²) in [5, 5.41) is 3.56. The van der Waals surface area contributed by atoms with Crippen molar-refractivity contribution in [2.45, 2.75) is 50.7 Å². The number of furan rings is 1. The van der Waals surface area contributed by atoms with Crippen LogP contribution in [0.1, 0.15) is 50.8 Å². The molecule has 1 aliphatic carbocycles. The molecule has 0 aliphatic heterocycles. The summed E-state index contributed by atoms with van der Waals surface area (Å²) in [5.41, 5.74) is 0.0815. The Morgan fingerprint density at radius 3 is 2.82 bits per heavy atom. The third kappa shape index (κ3) is 2.90. The Morgan fingerprint density at radius 2 is 2.35 bits per heavy atom. The van der Waals surface area contributed by atoms with Gasteiger partial charge in [0.05, 0.1) is 17.9 Å². The molecule has 0 amide bonds. The summed E-state index contributed by atoms with van der Waals surface area (Å²) >= 11 is 0. The van der Waals surface area contributed by atoms with E-state index in [9.17, 15) is 0 Å². The fourth-order valence-electron chi connectivity index (χ4n) is 2.52. The van der Waals surface area contributed by atoms with Gasteiger partial charge in [-0.05, 0) is 50.8 Å². The van der Waals surface area contributed by atoms with Gasteiger partial charge in [-0.2, -0.15) is 0 Å². The van der Waals surface area contributed by atoms with Crippen LogP contribution in [0.3, 0.4) is 0 Å². The summed E-state index contributed by atoms with van der Waals surface area (Å²) in [6.45, 7) is 3.20. The maximum Gasteiger partial charge on any atom is 0.120 e. The summed E-state index contributed by atoms with van der Waals surface area (Å²) in [7, 11) is 1.83. The standard InChI is InChI=1S/C14H23NO2/c1-3-9-15-12(13-6-4-10-17-13)11-14(16-2)7-5-8-14/h4,6,10,12,15H,3,5,7-9,11H2,1-2H3. The van der Waals surface area contributed by atoms with E-state index in [1.165, 1.54) is 19.3 Å². The van der Waals surface area contributed by atoms with Gasteiger partial charge in [0.15, 0.2) is 0 Å². The molecule has 96 valence electrons. The molecule has 0 bridgehead atoms. The lowest BCUT2D eigenvalue weighted by molar-refractivity contribution is -0.0849. The Morgan fingerprint density at radius 1 is 1.53 bits per heavy atom. The molecular weight excluding hydrogens is 214 g/mol. The summed E-state index contributed by atoms with van der Waals surface area (Å²) in [6, 6.07) is 4.29. The Labute approximate surface area is 104 Å². The molecule has 1 aromatic rings. The molecule has 0 saturated heterocycles. The summed E-state index contributed by atoms with van der Waals surface area (Å²) in [4.78, 5) is 0. The molecule has 1 saturated carbocycles. The smallest absolute Gasteiger partial charge is 0.120 e. The predicted molar refractivity (Wildman–Crippen MR) is 68.0 cm³/mol. The van der Waals surface area contributed by atoms with Crippen LogP contribution in [0.15, 0.2) is 22.8 Å². The fraction of sp³-hybridized carbons (Fsp3) is 0.714. The average molecular weight is 237 g/mol. The van der Waals surface area contributed by atoms with Crippen molar-refractivity contribution in [3.63, 3.8) is 0 Å². The maximum atomic E-state index is 5.70. The highest BCUT2D eigenvalue weighted by molar-refractivity contribution is 5.07. The molecular formula is C14H23NO2. The molecule has 0 radical (unpaired) electrons. The van der Waals surface area contributed by atoms with Crippen molar-refractivity contribution in [2.24, 2.45) is 0 Å². The van der Waals surface area contributed by atoms with E-state index in [2.05, 4.69) is 18.3 Å². The molecule has 1 N–H and O–H groups in total. The average Bonchev–Trinajstić information content (AvgIpc) is 2.81. The molecule has 1 aromatic heterocycles. The van der Waals surface area contributed by atoms with Gasteiger partial charge in [-0.15, -0.1) is 0 Å². The van der Waals surface area contributed by atoms with Gasteiger partial charge in [-0.3, -0.25) is 0 Å². The molecule has 3 nitrogen and oxygen atoms in total. The van der Waals surface area contributed by atoms with Crippen molar-refractivity contribution in [1.29, 1.82) is 0 Å². The van der Waals surface area contributed by atoms with E-state index in [1.54, 1.807) is 6.26 Å². The van der Waals surface area contributed by atoms with Crippen LogP contribution in [0.4, 0.5) is 0 Å². The minimum Gasteiger partial charge on any atom is -0.468 e. The van der Waals surface area contributed by atoms with Gasteiger partial charge in [-0.1, -0.05) is 6.92 Å². The minimum atomic E-state index is 0.0815. The van der Waals surface area contributed by atoms with Crippen LogP contribution in [-0.4, -0.2) is 19.3 Å². The highest BCUT2D eigenvalue weighted by Gasteiger charge is 2.39. The maximum absolute atomic E-state index is 5.70. The highest BCUT2D eigenvalue weighted by Crippen LogP contribution is 2.41. The number of ether oxygens (including phenoxy) is 1. The molecule has 1 unspecified atom stereocenters. The number of methoxy groups -OCH3 is 1. The zero-order valence-electron chi connectivity index (χ0n) is 10.9. The monoisotopic (exact) mass is 237 g/mol. The van der Waals surface area contributed by atoms with Crippen molar-refractivity contribution in [3.8, 4) is 0 Å². The van der Waals surface area contributed by atoms with E-state index in [4.69, 9.17) is 9.15 Å². The molecule has 1 fully saturated rings. The Balaban J connectivity index is 2.00. The van der Waals surface area contributed by atoms with Gasteiger partial charge in [0.2, 0.25) is 0 Å². The van der Waals surface area contributed by atoms with Crippen LogP contribution < -0.4 is 5.32 Å². The largest absolute Gasteiger partial charge is 0.468 e. The molecule has 3 heteroatoms. The lowest BCUT2D eigenvalue weighted by atomic mass is 9.75. The summed E-state index contributed by atoms with van der Waals surface area (Å²) in [5.74, 6) is 1.03. The van der Waals surface area contributed by atoms with Crippen molar-refractivity contribution in [1.82, 2.24) is 5.32 Å². The number of hydrogen-bond donors (Lipinski definition) is 1. The topological polar surface area (TPSA) is 34.4 Å². The molecule has 1 aliphatic rings. The molecule has 0 aromatic carbocycles. The lowest BCUT2D eigenvalue weighted by Gasteiger charge is -2.42. The Kier molecular flexibility index (Phi) is 4.24. The van der Waals surface area contributed by atoms with Gasteiger partial charge in [0, 0.05) is 7.11 Å². The predicted octanol–water partition coefficient (Wildman–Crippen LogP) is 3.28. The molecule has 17 heavy (non-hydrogen) atoms. The SMILES string of the molecule is CCCNC(CC1(OC)CCC1)c1ccco1. The van der Waals surface area contributed by atoms with Gasteiger partial charge >= 0.3 is 0 Å². The first kappa shape index (κ1) is 12.7. The van der Waals surface area contributed by atoms with Crippen LogP contribution in [0.2, 0.25) is 0 Å². The van der Waals surface area contributed by atoms with E-state index in [0.29, 0.717) is 0 Å². The van der Waals surface area contributed by atoms with Crippen molar-refractivity contribution in [3.05, 3.63) is 24.2 Å². The second-order valence-corrected chi connectivity index (χ2v) is 4.97. The third-order valence-corrected chi connectivity index (χ3v) is 3.80. The zero-order chi connectivity index (χ0) is 12.1. The first-order valence-corrected chi connectivity index (χ1v) is 6.61. The second kappa shape index (κ2) is 5.69. The van der Waals surface area contributed by atoms with Crippen LogP contribution in [0.5, 0.6) is 0 Å². The summed E-state index contributed by atoms with van der Waals surface area (Å²) in [6.07, 6.45) is 7.53. The molecule has 1 atom stereocenters. The van der Waals surface area contributed by atoms with E-state index in [-0.39, 0.29) is 11.6 Å². The fourth-order valence-corrected chi connectivity index (χ4v) is 2.52. The Hall–Kier alpha value is -0.800. The van der Waals surface area contributed by atoms with E-state index >= 15 is 0 Å². The van der Waals surface area contributed by atoms with E-state index in [0.717, 1.165) is 25.1 Å². The van der Waals surface area contributed by atoms with Gasteiger partial charge < -0.3 is 14.5 Å². The zero-order valence-corrected chi connectivity index (χ0v) is 10.9. The first-order chi connectivity index (χ1) is 8.29. The third-order valence-electron chi connectivity index (χ3n) is 3.80. The first-order valence-electron chi connectivity index (χ1n) is 6.61. The highest BCUT2D eigenvalue weighted by atomic mass is 16.5. The summed E-state index contributed by atoms with van der Waals surface area (Å²) < 4.78 is 11.2. The van der Waals surface area contributed by atoms with Crippen LogP contribution in [0.25, 0.3) is 0 Å². The normalized spacial score (nSPS) is 19.9. The van der Waals surface area contributed by atoms with E-state index in [1.807, 2.05) is 13.2 Å². The van der Waals surface area contributed by atoms with Crippen molar-refractivity contribution >= 4 is 0 Å². The van der Waals surface area contributed by atoms with Crippen molar-refractivity contribution in [2.75, 3.05) is 13.7 Å². The molecule has 2 rings (SSSR count). The van der Waals surface area contributed by atoms with Crippen LogP contribution in [-0.2, 0) is 4.74 Å².